The molecule has 0 bridgehead atoms. The average molecular weight is 175 g/mol. The summed E-state index contributed by atoms with van der Waals surface area (Å²) in [5.41, 5.74) is 9.07. The van der Waals surface area contributed by atoms with Gasteiger partial charge < -0.3 is 5.73 Å². The first-order valence-electron chi connectivity index (χ1n) is 4.95. The van der Waals surface area contributed by atoms with Gasteiger partial charge in [0.2, 0.25) is 0 Å². The molecule has 13 heavy (non-hydrogen) atoms. The zero-order valence-electron chi connectivity index (χ0n) is 8.38. The smallest absolute Gasteiger partial charge is 0.0225 e. The van der Waals surface area contributed by atoms with E-state index >= 15 is 0 Å². The Balaban J connectivity index is 2.15. The van der Waals surface area contributed by atoms with Gasteiger partial charge in [-0.25, -0.2) is 0 Å². The third-order valence-electron chi connectivity index (χ3n) is 3.29. The van der Waals surface area contributed by atoms with Crippen LogP contribution in [-0.2, 0) is 6.42 Å². The lowest BCUT2D eigenvalue weighted by Gasteiger charge is -2.12. The van der Waals surface area contributed by atoms with Crippen LogP contribution in [0.5, 0.6) is 0 Å². The van der Waals surface area contributed by atoms with E-state index in [1.807, 2.05) is 0 Å². The van der Waals surface area contributed by atoms with Crippen LogP contribution in [0.1, 0.15) is 24.5 Å². The Hall–Kier alpha value is -0.820. The van der Waals surface area contributed by atoms with E-state index in [0.29, 0.717) is 5.92 Å². The van der Waals surface area contributed by atoms with Crippen molar-refractivity contribution in [2.24, 2.45) is 11.7 Å². The molecular formula is C12H17N. The Kier molecular flexibility index (Phi) is 1.92. The quantitative estimate of drug-likeness (QED) is 0.733. The molecule has 2 unspecified atom stereocenters. The molecule has 1 aliphatic carbocycles. The monoisotopic (exact) mass is 175 g/mol. The zero-order chi connectivity index (χ0) is 9.47. The standard InChI is InChI=1S/C12H17N/c1-9-5-3-4-6-11(9)8-12(13)7-10(12)2/h3-6,10H,7-8,13H2,1-2H3. The second-order valence-electron chi connectivity index (χ2n) is 4.44. The van der Waals surface area contributed by atoms with E-state index in [2.05, 4.69) is 38.1 Å². The lowest BCUT2D eigenvalue weighted by Crippen LogP contribution is -2.27. The summed E-state index contributed by atoms with van der Waals surface area (Å²) in [6, 6.07) is 8.53. The van der Waals surface area contributed by atoms with Crippen LogP contribution in [0.4, 0.5) is 0 Å². The Morgan fingerprint density at radius 1 is 1.46 bits per heavy atom. The van der Waals surface area contributed by atoms with Gasteiger partial charge in [0, 0.05) is 5.54 Å². The van der Waals surface area contributed by atoms with Crippen LogP contribution in [0.3, 0.4) is 0 Å². The molecule has 0 amide bonds. The predicted molar refractivity (Wildman–Crippen MR) is 55.6 cm³/mol. The highest BCUT2D eigenvalue weighted by Crippen LogP contribution is 2.43. The summed E-state index contributed by atoms with van der Waals surface area (Å²) in [7, 11) is 0. The molecular weight excluding hydrogens is 158 g/mol. The third-order valence-corrected chi connectivity index (χ3v) is 3.29. The summed E-state index contributed by atoms with van der Waals surface area (Å²) in [5, 5.41) is 0. The Bertz CT molecular complexity index is 319. The van der Waals surface area contributed by atoms with Crippen molar-refractivity contribution in [3.63, 3.8) is 0 Å². The predicted octanol–water partition coefficient (Wildman–Crippen LogP) is 2.27. The summed E-state index contributed by atoms with van der Waals surface area (Å²) >= 11 is 0. The first-order chi connectivity index (χ1) is 6.12. The molecule has 0 spiro atoms. The lowest BCUT2D eigenvalue weighted by molar-refractivity contribution is 0.613. The Morgan fingerprint density at radius 3 is 2.62 bits per heavy atom. The number of nitrogens with two attached hydrogens (primary N) is 1. The van der Waals surface area contributed by atoms with Crippen LogP contribution < -0.4 is 5.73 Å². The topological polar surface area (TPSA) is 26.0 Å². The van der Waals surface area contributed by atoms with Gasteiger partial charge in [-0.1, -0.05) is 31.2 Å². The first kappa shape index (κ1) is 8.76. The van der Waals surface area contributed by atoms with E-state index in [9.17, 15) is 0 Å². The van der Waals surface area contributed by atoms with E-state index < -0.39 is 0 Å². The van der Waals surface area contributed by atoms with Crippen molar-refractivity contribution in [1.29, 1.82) is 0 Å². The van der Waals surface area contributed by atoms with Gasteiger partial charge >= 0.3 is 0 Å². The van der Waals surface area contributed by atoms with E-state index in [1.165, 1.54) is 17.5 Å². The Labute approximate surface area is 80.0 Å². The van der Waals surface area contributed by atoms with Gasteiger partial charge in [-0.3, -0.25) is 0 Å². The van der Waals surface area contributed by atoms with Gasteiger partial charge in [-0.2, -0.15) is 0 Å². The second kappa shape index (κ2) is 2.85. The van der Waals surface area contributed by atoms with Crippen LogP contribution in [0, 0.1) is 12.8 Å². The van der Waals surface area contributed by atoms with E-state index in [0.717, 1.165) is 6.42 Å². The number of hydrogen-bond acceptors (Lipinski definition) is 1. The fourth-order valence-corrected chi connectivity index (χ4v) is 1.92. The molecule has 1 aromatic rings. The molecule has 1 aliphatic rings. The number of benzene rings is 1. The van der Waals surface area contributed by atoms with Gasteiger partial charge in [-0.15, -0.1) is 0 Å². The summed E-state index contributed by atoms with van der Waals surface area (Å²) in [6.45, 7) is 4.39. The maximum atomic E-state index is 6.19. The average Bonchev–Trinajstić information content (AvgIpc) is 2.65. The normalized spacial score (nSPS) is 31.8. The maximum Gasteiger partial charge on any atom is 0.0225 e. The number of aryl methyl sites for hydroxylation is 1. The van der Waals surface area contributed by atoms with Gasteiger partial charge in [0.05, 0.1) is 0 Å². The highest BCUT2D eigenvalue weighted by atomic mass is 14.8. The van der Waals surface area contributed by atoms with Crippen LogP contribution in [0.15, 0.2) is 24.3 Å². The van der Waals surface area contributed by atoms with Crippen molar-refractivity contribution in [2.45, 2.75) is 32.2 Å². The van der Waals surface area contributed by atoms with Crippen molar-refractivity contribution in [3.8, 4) is 0 Å². The summed E-state index contributed by atoms with van der Waals surface area (Å²) in [4.78, 5) is 0. The molecule has 2 atom stereocenters. The molecule has 1 nitrogen and oxygen atoms in total. The van der Waals surface area contributed by atoms with Gasteiger partial charge in [-0.05, 0) is 36.8 Å². The molecule has 1 fully saturated rings. The fraction of sp³-hybridized carbons (Fsp3) is 0.500. The fourth-order valence-electron chi connectivity index (χ4n) is 1.92. The van der Waals surface area contributed by atoms with Gasteiger partial charge in [0.15, 0.2) is 0 Å². The molecule has 70 valence electrons. The maximum absolute atomic E-state index is 6.19. The molecule has 0 aromatic heterocycles. The molecule has 2 N–H and O–H groups in total. The molecule has 1 aromatic carbocycles. The van der Waals surface area contributed by atoms with Crippen molar-refractivity contribution in [1.82, 2.24) is 0 Å². The second-order valence-corrected chi connectivity index (χ2v) is 4.44. The SMILES string of the molecule is Cc1ccccc1CC1(N)CC1C. The summed E-state index contributed by atoms with van der Waals surface area (Å²) < 4.78 is 0. The van der Waals surface area contributed by atoms with E-state index in [4.69, 9.17) is 5.73 Å². The minimum Gasteiger partial charge on any atom is -0.325 e. The number of rotatable bonds is 2. The van der Waals surface area contributed by atoms with Gasteiger partial charge in [0.1, 0.15) is 0 Å². The number of hydrogen-bond donors (Lipinski definition) is 1. The highest BCUT2D eigenvalue weighted by molar-refractivity contribution is 5.29. The molecule has 0 heterocycles. The largest absolute Gasteiger partial charge is 0.325 e. The summed E-state index contributed by atoms with van der Waals surface area (Å²) in [5.74, 6) is 0.701. The zero-order valence-corrected chi connectivity index (χ0v) is 8.38. The van der Waals surface area contributed by atoms with Crippen LogP contribution >= 0.6 is 0 Å². The van der Waals surface area contributed by atoms with Crippen LogP contribution in [-0.4, -0.2) is 5.54 Å². The van der Waals surface area contributed by atoms with Gasteiger partial charge in [0.25, 0.3) is 0 Å². The molecule has 0 saturated heterocycles. The van der Waals surface area contributed by atoms with Crippen molar-refractivity contribution in [2.75, 3.05) is 0 Å². The van der Waals surface area contributed by atoms with Crippen LogP contribution in [0.2, 0.25) is 0 Å². The van der Waals surface area contributed by atoms with Crippen molar-refractivity contribution >= 4 is 0 Å². The van der Waals surface area contributed by atoms with Crippen molar-refractivity contribution in [3.05, 3.63) is 35.4 Å². The summed E-state index contributed by atoms with van der Waals surface area (Å²) in [6.07, 6.45) is 2.22. The van der Waals surface area contributed by atoms with E-state index in [1.54, 1.807) is 0 Å². The first-order valence-corrected chi connectivity index (χ1v) is 4.95. The molecule has 0 radical (unpaired) electrons. The molecule has 2 rings (SSSR count). The molecule has 0 aliphatic heterocycles. The molecule has 1 heteroatoms. The molecule has 1 saturated carbocycles. The highest BCUT2D eigenvalue weighted by Gasteiger charge is 2.47. The Morgan fingerprint density at radius 2 is 2.08 bits per heavy atom. The third kappa shape index (κ3) is 1.61. The van der Waals surface area contributed by atoms with E-state index in [-0.39, 0.29) is 5.54 Å². The van der Waals surface area contributed by atoms with Crippen molar-refractivity contribution < 1.29 is 0 Å². The van der Waals surface area contributed by atoms with Crippen LogP contribution in [0.25, 0.3) is 0 Å². The minimum atomic E-state index is 0.103. The lowest BCUT2D eigenvalue weighted by atomic mass is 9.99. The minimum absolute atomic E-state index is 0.103.